The maximum atomic E-state index is 12.5. The van der Waals surface area contributed by atoms with E-state index in [1.807, 2.05) is 18.2 Å². The quantitative estimate of drug-likeness (QED) is 0.280. The van der Waals surface area contributed by atoms with Crippen molar-refractivity contribution in [3.05, 3.63) is 82.5 Å². The lowest BCUT2D eigenvalue weighted by Gasteiger charge is -2.08. The van der Waals surface area contributed by atoms with Crippen molar-refractivity contribution in [2.75, 3.05) is 5.32 Å². The zero-order valence-electron chi connectivity index (χ0n) is 16.2. The highest BCUT2D eigenvalue weighted by molar-refractivity contribution is 7.80. The number of amides is 1. The van der Waals surface area contributed by atoms with Crippen molar-refractivity contribution in [2.24, 2.45) is 0 Å². The number of thiocarbonyl (C=S) groups is 1. The number of rotatable bonds is 3. The van der Waals surface area contributed by atoms with Crippen LogP contribution in [0.4, 0.5) is 5.69 Å². The van der Waals surface area contributed by atoms with Gasteiger partial charge in [0.2, 0.25) is 5.89 Å². The van der Waals surface area contributed by atoms with Crippen molar-refractivity contribution in [1.82, 2.24) is 10.3 Å². The highest BCUT2D eigenvalue weighted by Crippen LogP contribution is 2.34. The number of carbonyl (C=O) groups is 1. The minimum absolute atomic E-state index is 0.122. The van der Waals surface area contributed by atoms with Crippen LogP contribution in [-0.4, -0.2) is 16.0 Å². The second-order valence-corrected chi connectivity index (χ2v) is 8.05. The van der Waals surface area contributed by atoms with Crippen LogP contribution >= 0.6 is 35.4 Å². The molecule has 0 fully saturated rings. The summed E-state index contributed by atoms with van der Waals surface area (Å²) in [6.07, 6.45) is 0. The van der Waals surface area contributed by atoms with E-state index in [0.29, 0.717) is 43.9 Å². The van der Waals surface area contributed by atoms with Gasteiger partial charge in [0.25, 0.3) is 5.91 Å². The fourth-order valence-electron chi connectivity index (χ4n) is 3.21. The van der Waals surface area contributed by atoms with Gasteiger partial charge in [0.1, 0.15) is 11.1 Å². The van der Waals surface area contributed by atoms with Crippen LogP contribution in [0.5, 0.6) is 0 Å². The van der Waals surface area contributed by atoms with Crippen molar-refractivity contribution < 1.29 is 13.6 Å². The fourth-order valence-corrected chi connectivity index (χ4v) is 3.80. The minimum Gasteiger partial charge on any atom is -0.451 e. The van der Waals surface area contributed by atoms with Crippen molar-refractivity contribution >= 4 is 74.2 Å². The number of nitrogens with zero attached hydrogens (tertiary/aromatic N) is 1. The van der Waals surface area contributed by atoms with Gasteiger partial charge in [-0.15, -0.1) is 0 Å². The molecular weight excluding hydrogens is 469 g/mol. The molecule has 0 radical (unpaired) electrons. The van der Waals surface area contributed by atoms with Crippen LogP contribution < -0.4 is 10.6 Å². The van der Waals surface area contributed by atoms with Gasteiger partial charge in [0.05, 0.1) is 15.6 Å². The Morgan fingerprint density at radius 2 is 1.78 bits per heavy atom. The van der Waals surface area contributed by atoms with Crippen LogP contribution in [0, 0.1) is 0 Å². The number of halogens is 2. The Bertz CT molecular complexity index is 1480. The Kier molecular flexibility index (Phi) is 5.30. The summed E-state index contributed by atoms with van der Waals surface area (Å²) < 4.78 is 11.4. The van der Waals surface area contributed by atoms with E-state index in [4.69, 9.17) is 44.3 Å². The molecule has 0 aliphatic heterocycles. The average Bonchev–Trinajstić information content (AvgIpc) is 3.39. The predicted molar refractivity (Wildman–Crippen MR) is 129 cm³/mol. The molecule has 0 saturated carbocycles. The molecule has 0 unspecified atom stereocenters. The molecule has 2 N–H and O–H groups in total. The molecule has 2 heterocycles. The molecule has 0 bridgehead atoms. The molecule has 3 aromatic carbocycles. The fraction of sp³-hybridized carbons (Fsp3) is 0. The summed E-state index contributed by atoms with van der Waals surface area (Å²) in [5.74, 6) is 0.0786. The Balaban J connectivity index is 1.33. The number of fused-ring (bicyclic) bond motifs is 2. The first kappa shape index (κ1) is 20.5. The molecule has 6 nitrogen and oxygen atoms in total. The molecule has 2 aromatic heterocycles. The Morgan fingerprint density at radius 3 is 2.62 bits per heavy atom. The van der Waals surface area contributed by atoms with Gasteiger partial charge in [-0.1, -0.05) is 47.5 Å². The lowest BCUT2D eigenvalue weighted by molar-refractivity contribution is 0.0953. The first-order valence-corrected chi connectivity index (χ1v) is 10.6. The lowest BCUT2D eigenvalue weighted by Crippen LogP contribution is -2.33. The summed E-state index contributed by atoms with van der Waals surface area (Å²) in [6.45, 7) is 0. The van der Waals surface area contributed by atoms with Gasteiger partial charge in [0.15, 0.2) is 16.5 Å². The lowest BCUT2D eigenvalue weighted by atomic mass is 10.2. The number of oxazole rings is 1. The van der Waals surface area contributed by atoms with Crippen molar-refractivity contribution in [1.29, 1.82) is 0 Å². The van der Waals surface area contributed by atoms with Crippen LogP contribution in [0.2, 0.25) is 10.0 Å². The van der Waals surface area contributed by atoms with Gasteiger partial charge in [-0.3, -0.25) is 10.1 Å². The van der Waals surface area contributed by atoms with Gasteiger partial charge in [-0.2, -0.15) is 0 Å². The van der Waals surface area contributed by atoms with E-state index in [2.05, 4.69) is 15.6 Å². The third kappa shape index (κ3) is 3.93. The van der Waals surface area contributed by atoms with E-state index in [9.17, 15) is 4.79 Å². The SMILES string of the molecule is O=C(NC(=S)Nc1ccc2oc(-c3cccc(Cl)c3Cl)nc2c1)c1cc2ccccc2o1. The molecule has 1 amide bonds. The summed E-state index contributed by atoms with van der Waals surface area (Å²) in [6, 6.07) is 19.5. The Hall–Kier alpha value is -3.39. The largest absolute Gasteiger partial charge is 0.451 e. The average molecular weight is 482 g/mol. The van der Waals surface area contributed by atoms with E-state index in [1.54, 1.807) is 48.5 Å². The zero-order chi connectivity index (χ0) is 22.2. The molecule has 0 spiro atoms. The van der Waals surface area contributed by atoms with Crippen LogP contribution in [-0.2, 0) is 0 Å². The Morgan fingerprint density at radius 1 is 0.938 bits per heavy atom. The number of furan rings is 1. The highest BCUT2D eigenvalue weighted by Gasteiger charge is 2.16. The molecule has 158 valence electrons. The number of carbonyl (C=O) groups excluding carboxylic acids is 1. The molecule has 0 saturated heterocycles. The molecule has 32 heavy (non-hydrogen) atoms. The third-order valence-corrected chi connectivity index (χ3v) is 5.73. The van der Waals surface area contributed by atoms with Crippen molar-refractivity contribution in [3.8, 4) is 11.5 Å². The summed E-state index contributed by atoms with van der Waals surface area (Å²) in [5.41, 5.74) is 3.01. The van der Waals surface area contributed by atoms with E-state index in [-0.39, 0.29) is 10.9 Å². The second kappa shape index (κ2) is 8.27. The third-order valence-electron chi connectivity index (χ3n) is 4.70. The molecule has 0 atom stereocenters. The van der Waals surface area contributed by atoms with E-state index in [0.717, 1.165) is 5.39 Å². The summed E-state index contributed by atoms with van der Waals surface area (Å²) in [7, 11) is 0. The summed E-state index contributed by atoms with van der Waals surface area (Å²) in [5, 5.41) is 7.32. The van der Waals surface area contributed by atoms with E-state index >= 15 is 0 Å². The number of nitrogens with one attached hydrogen (secondary N) is 2. The molecular formula is C23H13Cl2N3O3S. The van der Waals surface area contributed by atoms with Gasteiger partial charge >= 0.3 is 0 Å². The molecule has 0 aliphatic rings. The molecule has 5 aromatic rings. The van der Waals surface area contributed by atoms with Gasteiger partial charge < -0.3 is 14.2 Å². The number of aromatic nitrogens is 1. The first-order chi connectivity index (χ1) is 15.5. The monoisotopic (exact) mass is 481 g/mol. The normalized spacial score (nSPS) is 11.1. The predicted octanol–water partition coefficient (Wildman–Crippen LogP) is 6.67. The molecule has 9 heteroatoms. The number of hydrogen-bond donors (Lipinski definition) is 2. The van der Waals surface area contributed by atoms with Crippen LogP contribution in [0.3, 0.4) is 0 Å². The van der Waals surface area contributed by atoms with Crippen LogP contribution in [0.15, 0.2) is 75.6 Å². The Labute approximate surface area is 197 Å². The standard InChI is InChI=1S/C23H13Cl2N3O3S/c24-15-6-3-5-14(20(15)25)22-27-16-11-13(8-9-18(16)31-22)26-23(32)28-21(29)19-10-12-4-1-2-7-17(12)30-19/h1-11H,(H2,26,28,29,32). The summed E-state index contributed by atoms with van der Waals surface area (Å²) in [4.78, 5) is 17.0. The maximum absolute atomic E-state index is 12.5. The first-order valence-electron chi connectivity index (χ1n) is 9.44. The van der Waals surface area contributed by atoms with E-state index in [1.165, 1.54) is 0 Å². The smallest absolute Gasteiger partial charge is 0.293 e. The van der Waals surface area contributed by atoms with Gasteiger partial charge in [-0.25, -0.2) is 4.98 Å². The highest BCUT2D eigenvalue weighted by atomic mass is 35.5. The zero-order valence-corrected chi connectivity index (χ0v) is 18.5. The number of hydrogen-bond acceptors (Lipinski definition) is 5. The molecule has 0 aliphatic carbocycles. The number of anilines is 1. The minimum atomic E-state index is -0.445. The van der Waals surface area contributed by atoms with E-state index < -0.39 is 5.91 Å². The van der Waals surface area contributed by atoms with Crippen molar-refractivity contribution in [3.63, 3.8) is 0 Å². The summed E-state index contributed by atoms with van der Waals surface area (Å²) >= 11 is 17.6. The van der Waals surface area contributed by atoms with Crippen LogP contribution in [0.1, 0.15) is 10.6 Å². The van der Waals surface area contributed by atoms with Crippen LogP contribution in [0.25, 0.3) is 33.5 Å². The second-order valence-electron chi connectivity index (χ2n) is 6.86. The topological polar surface area (TPSA) is 80.3 Å². The number of benzene rings is 3. The van der Waals surface area contributed by atoms with Gasteiger partial charge in [0, 0.05) is 11.1 Å². The van der Waals surface area contributed by atoms with Gasteiger partial charge in [-0.05, 0) is 54.7 Å². The van der Waals surface area contributed by atoms with Crippen molar-refractivity contribution in [2.45, 2.75) is 0 Å². The number of para-hydroxylation sites is 1. The maximum Gasteiger partial charge on any atom is 0.293 e. The molecule has 5 rings (SSSR count).